The van der Waals surface area contributed by atoms with Crippen LogP contribution in [0.15, 0.2) is 67.0 Å². The van der Waals surface area contributed by atoms with Crippen LogP contribution in [-0.2, 0) is 6.54 Å². The summed E-state index contributed by atoms with van der Waals surface area (Å²) in [6, 6.07) is 16.2. The Morgan fingerprint density at radius 1 is 0.889 bits per heavy atom. The quantitative estimate of drug-likeness (QED) is 0.726. The number of carbonyl (C=O) groups excluding carboxylic acids is 2. The van der Waals surface area contributed by atoms with Gasteiger partial charge in [-0.05, 0) is 73.0 Å². The molecule has 27 heavy (non-hydrogen) atoms. The number of aromatic nitrogens is 1. The third-order valence-electron chi connectivity index (χ3n) is 4.06. The number of rotatable bonds is 5. The van der Waals surface area contributed by atoms with E-state index in [2.05, 4.69) is 21.7 Å². The van der Waals surface area contributed by atoms with Gasteiger partial charge in [-0.25, -0.2) is 0 Å². The Hall–Kier alpha value is -3.47. The number of nitrogens with zero attached hydrogens (tertiary/aromatic N) is 1. The van der Waals surface area contributed by atoms with E-state index in [0.717, 1.165) is 22.4 Å². The zero-order valence-electron chi connectivity index (χ0n) is 15.3. The molecule has 0 bridgehead atoms. The standard InChI is InChI=1S/C22H21N3O2/c1-15-10-16(2)12-20(11-15)25-22(27)19-7-5-18(6-8-19)21(26)24-14-17-4-3-9-23-13-17/h3-13H,14H2,1-2H3,(H,24,26)(H,25,27). The van der Waals surface area contributed by atoms with Crippen molar-refractivity contribution in [3.63, 3.8) is 0 Å². The van der Waals surface area contributed by atoms with E-state index in [1.807, 2.05) is 38.1 Å². The lowest BCUT2D eigenvalue weighted by Crippen LogP contribution is -2.23. The van der Waals surface area contributed by atoms with Crippen LogP contribution in [0, 0.1) is 13.8 Å². The van der Waals surface area contributed by atoms with Crippen molar-refractivity contribution in [2.75, 3.05) is 5.32 Å². The van der Waals surface area contributed by atoms with Gasteiger partial charge in [-0.2, -0.15) is 0 Å². The van der Waals surface area contributed by atoms with Crippen molar-refractivity contribution >= 4 is 17.5 Å². The van der Waals surface area contributed by atoms with E-state index in [0.29, 0.717) is 17.7 Å². The van der Waals surface area contributed by atoms with Crippen LogP contribution in [0.25, 0.3) is 0 Å². The number of nitrogens with one attached hydrogen (secondary N) is 2. The average Bonchev–Trinajstić information content (AvgIpc) is 2.66. The van der Waals surface area contributed by atoms with Gasteiger partial charge in [0, 0.05) is 35.8 Å². The number of anilines is 1. The molecule has 5 heteroatoms. The molecule has 0 aliphatic rings. The zero-order chi connectivity index (χ0) is 19.2. The van der Waals surface area contributed by atoms with E-state index in [9.17, 15) is 9.59 Å². The Labute approximate surface area is 158 Å². The van der Waals surface area contributed by atoms with Gasteiger partial charge in [0.25, 0.3) is 11.8 Å². The maximum atomic E-state index is 12.4. The van der Waals surface area contributed by atoms with Gasteiger partial charge in [-0.15, -0.1) is 0 Å². The minimum absolute atomic E-state index is 0.194. The third kappa shape index (κ3) is 5.01. The van der Waals surface area contributed by atoms with Crippen LogP contribution in [-0.4, -0.2) is 16.8 Å². The van der Waals surface area contributed by atoms with Crippen molar-refractivity contribution in [3.05, 3.63) is 94.8 Å². The van der Waals surface area contributed by atoms with Crippen LogP contribution in [0.1, 0.15) is 37.4 Å². The lowest BCUT2D eigenvalue weighted by atomic mass is 10.1. The molecule has 0 saturated heterocycles. The van der Waals surface area contributed by atoms with Crippen molar-refractivity contribution < 1.29 is 9.59 Å². The summed E-state index contributed by atoms with van der Waals surface area (Å²) in [5, 5.41) is 5.73. The second-order valence-corrected chi connectivity index (χ2v) is 6.45. The minimum Gasteiger partial charge on any atom is -0.348 e. The van der Waals surface area contributed by atoms with E-state index < -0.39 is 0 Å². The Bertz CT molecular complexity index is 931. The van der Waals surface area contributed by atoms with Gasteiger partial charge in [0.1, 0.15) is 0 Å². The largest absolute Gasteiger partial charge is 0.348 e. The lowest BCUT2D eigenvalue weighted by molar-refractivity contribution is 0.0949. The molecule has 5 nitrogen and oxygen atoms in total. The fourth-order valence-corrected chi connectivity index (χ4v) is 2.81. The molecule has 1 aromatic heterocycles. The molecule has 3 aromatic rings. The van der Waals surface area contributed by atoms with E-state index in [1.165, 1.54) is 0 Å². The van der Waals surface area contributed by atoms with E-state index >= 15 is 0 Å². The second kappa shape index (κ2) is 8.27. The predicted molar refractivity (Wildman–Crippen MR) is 106 cm³/mol. The van der Waals surface area contributed by atoms with Crippen molar-refractivity contribution in [1.29, 1.82) is 0 Å². The Morgan fingerprint density at radius 2 is 1.52 bits per heavy atom. The number of hydrogen-bond acceptors (Lipinski definition) is 3. The van der Waals surface area contributed by atoms with Crippen molar-refractivity contribution in [2.24, 2.45) is 0 Å². The zero-order valence-corrected chi connectivity index (χ0v) is 15.3. The lowest BCUT2D eigenvalue weighted by Gasteiger charge is -2.09. The molecule has 0 atom stereocenters. The number of aryl methyl sites for hydroxylation is 2. The van der Waals surface area contributed by atoms with Crippen molar-refractivity contribution in [3.8, 4) is 0 Å². The molecule has 0 fully saturated rings. The molecular formula is C22H21N3O2. The molecule has 2 amide bonds. The highest BCUT2D eigenvalue weighted by molar-refractivity contribution is 6.05. The maximum Gasteiger partial charge on any atom is 0.255 e. The van der Waals surface area contributed by atoms with Crippen LogP contribution < -0.4 is 10.6 Å². The molecule has 0 spiro atoms. The molecule has 0 unspecified atom stereocenters. The summed E-state index contributed by atoms with van der Waals surface area (Å²) in [4.78, 5) is 28.7. The number of benzene rings is 2. The summed E-state index contributed by atoms with van der Waals surface area (Å²) in [6.07, 6.45) is 3.40. The van der Waals surface area contributed by atoms with Crippen LogP contribution in [0.2, 0.25) is 0 Å². The van der Waals surface area contributed by atoms with Gasteiger partial charge in [-0.1, -0.05) is 12.1 Å². The first-order valence-electron chi connectivity index (χ1n) is 8.68. The summed E-state index contributed by atoms with van der Waals surface area (Å²) in [7, 11) is 0. The fraction of sp³-hybridized carbons (Fsp3) is 0.136. The molecule has 2 aromatic carbocycles. The normalized spacial score (nSPS) is 10.3. The van der Waals surface area contributed by atoms with Gasteiger partial charge in [0.05, 0.1) is 0 Å². The minimum atomic E-state index is -0.206. The highest BCUT2D eigenvalue weighted by Crippen LogP contribution is 2.15. The summed E-state index contributed by atoms with van der Waals surface area (Å²) in [6.45, 7) is 4.38. The summed E-state index contributed by atoms with van der Waals surface area (Å²) in [5.74, 6) is -0.401. The van der Waals surface area contributed by atoms with E-state index in [1.54, 1.807) is 36.7 Å². The first kappa shape index (κ1) is 18.3. The Balaban J connectivity index is 1.62. The highest BCUT2D eigenvalue weighted by atomic mass is 16.2. The van der Waals surface area contributed by atoms with Crippen LogP contribution in [0.4, 0.5) is 5.69 Å². The monoisotopic (exact) mass is 359 g/mol. The topological polar surface area (TPSA) is 71.1 Å². The molecule has 0 radical (unpaired) electrons. The predicted octanol–water partition coefficient (Wildman–Crippen LogP) is 3.88. The van der Waals surface area contributed by atoms with Crippen LogP contribution in [0.3, 0.4) is 0 Å². The number of pyridine rings is 1. The van der Waals surface area contributed by atoms with Gasteiger partial charge in [-0.3, -0.25) is 14.6 Å². The van der Waals surface area contributed by atoms with Gasteiger partial charge in [0.15, 0.2) is 0 Å². The number of amides is 2. The molecule has 0 saturated carbocycles. The maximum absolute atomic E-state index is 12.4. The fourth-order valence-electron chi connectivity index (χ4n) is 2.81. The smallest absolute Gasteiger partial charge is 0.255 e. The third-order valence-corrected chi connectivity index (χ3v) is 4.06. The van der Waals surface area contributed by atoms with Crippen molar-refractivity contribution in [1.82, 2.24) is 10.3 Å². The molecule has 0 aliphatic heterocycles. The number of hydrogen-bond donors (Lipinski definition) is 2. The molecule has 1 heterocycles. The Kier molecular flexibility index (Phi) is 5.61. The molecule has 0 aliphatic carbocycles. The van der Waals surface area contributed by atoms with Gasteiger partial charge in [0.2, 0.25) is 0 Å². The first-order chi connectivity index (χ1) is 13.0. The number of carbonyl (C=O) groups is 2. The molecule has 3 rings (SSSR count). The first-order valence-corrected chi connectivity index (χ1v) is 8.68. The highest BCUT2D eigenvalue weighted by Gasteiger charge is 2.10. The summed E-state index contributed by atoms with van der Waals surface area (Å²) >= 11 is 0. The van der Waals surface area contributed by atoms with E-state index in [4.69, 9.17) is 0 Å². The summed E-state index contributed by atoms with van der Waals surface area (Å²) < 4.78 is 0. The van der Waals surface area contributed by atoms with Crippen molar-refractivity contribution in [2.45, 2.75) is 20.4 Å². The van der Waals surface area contributed by atoms with Crippen LogP contribution in [0.5, 0.6) is 0 Å². The van der Waals surface area contributed by atoms with Gasteiger partial charge < -0.3 is 10.6 Å². The molecule has 2 N–H and O–H groups in total. The van der Waals surface area contributed by atoms with Crippen LogP contribution >= 0.6 is 0 Å². The van der Waals surface area contributed by atoms with Gasteiger partial charge >= 0.3 is 0 Å². The summed E-state index contributed by atoms with van der Waals surface area (Å²) in [5.41, 5.74) is 4.86. The SMILES string of the molecule is Cc1cc(C)cc(NC(=O)c2ccc(C(=O)NCc3cccnc3)cc2)c1. The second-order valence-electron chi connectivity index (χ2n) is 6.45. The Morgan fingerprint density at radius 3 is 2.11 bits per heavy atom. The molecular weight excluding hydrogens is 338 g/mol. The molecule has 136 valence electrons. The average molecular weight is 359 g/mol. The van der Waals surface area contributed by atoms with E-state index in [-0.39, 0.29) is 11.8 Å².